The molecule has 0 aliphatic rings. The molecule has 0 saturated carbocycles. The lowest BCUT2D eigenvalue weighted by molar-refractivity contribution is -0.383. The van der Waals surface area contributed by atoms with Crippen molar-refractivity contribution in [1.82, 2.24) is 5.32 Å². The van der Waals surface area contributed by atoms with Crippen molar-refractivity contribution in [2.24, 2.45) is 0 Å². The molecule has 0 aliphatic heterocycles. The molecule has 2 N–H and O–H groups in total. The molecule has 2 aromatic carbocycles. The normalized spacial score (nSPS) is 10.3. The van der Waals surface area contributed by atoms with Crippen molar-refractivity contribution >= 4 is 50.2 Å². The molecule has 0 atom stereocenters. The lowest BCUT2D eigenvalue weighted by atomic mass is 10.0. The minimum atomic E-state index is -0.571. The molecule has 142 valence electrons. The Bertz CT molecular complexity index is 866. The summed E-state index contributed by atoms with van der Waals surface area (Å²) in [5.74, 6) is -0.628. The van der Waals surface area contributed by atoms with Gasteiger partial charge in [-0.05, 0) is 48.7 Å². The Kier molecular flexibility index (Phi) is 7.37. The van der Waals surface area contributed by atoms with E-state index < -0.39 is 10.8 Å². The van der Waals surface area contributed by atoms with Gasteiger partial charge in [-0.1, -0.05) is 39.8 Å². The molecule has 0 bridgehead atoms. The topological polar surface area (TPSA) is 101 Å². The van der Waals surface area contributed by atoms with E-state index in [1.807, 2.05) is 26.0 Å². The maximum atomic E-state index is 12.0. The standard InChI is InChI=1S/C18H18BrN3O4S/c1-11-7-13(19)8-12(2)14(11)9-20-18(24)27-10-17(23)21-15-5-3-4-6-16(15)22(25)26/h3-8H,9-10H2,1-2H3,(H,20,24)(H,21,23). The number of nitro groups is 1. The van der Waals surface area contributed by atoms with Crippen molar-refractivity contribution in [3.05, 3.63) is 67.7 Å². The Balaban J connectivity index is 1.86. The van der Waals surface area contributed by atoms with Gasteiger partial charge in [0.2, 0.25) is 5.91 Å². The van der Waals surface area contributed by atoms with Gasteiger partial charge in [-0.25, -0.2) is 0 Å². The zero-order valence-corrected chi connectivity index (χ0v) is 17.1. The SMILES string of the molecule is Cc1cc(Br)cc(C)c1CNC(=O)SCC(=O)Nc1ccccc1[N+](=O)[O-]. The summed E-state index contributed by atoms with van der Waals surface area (Å²) >= 11 is 4.24. The van der Waals surface area contributed by atoms with Crippen LogP contribution in [0.5, 0.6) is 0 Å². The maximum Gasteiger partial charge on any atom is 0.292 e. The molecule has 27 heavy (non-hydrogen) atoms. The lowest BCUT2D eigenvalue weighted by Gasteiger charge is -2.12. The number of aryl methyl sites for hydroxylation is 2. The van der Waals surface area contributed by atoms with Gasteiger partial charge >= 0.3 is 0 Å². The summed E-state index contributed by atoms with van der Waals surface area (Å²) in [5, 5.41) is 15.8. The third-order valence-corrected chi connectivity index (χ3v) is 5.05. The predicted molar refractivity (Wildman–Crippen MR) is 110 cm³/mol. The van der Waals surface area contributed by atoms with Crippen LogP contribution in [0, 0.1) is 24.0 Å². The van der Waals surface area contributed by atoms with E-state index in [1.54, 1.807) is 6.07 Å². The number of carbonyl (C=O) groups is 2. The van der Waals surface area contributed by atoms with Crippen molar-refractivity contribution in [3.63, 3.8) is 0 Å². The minimum Gasteiger partial charge on any atom is -0.343 e. The summed E-state index contributed by atoms with van der Waals surface area (Å²) in [5.41, 5.74) is 3.05. The highest BCUT2D eigenvalue weighted by Crippen LogP contribution is 2.23. The third kappa shape index (κ3) is 6.07. The summed E-state index contributed by atoms with van der Waals surface area (Å²) < 4.78 is 0.980. The number of hydrogen-bond donors (Lipinski definition) is 2. The summed E-state index contributed by atoms with van der Waals surface area (Å²) in [6.45, 7) is 4.29. The van der Waals surface area contributed by atoms with Gasteiger partial charge in [0.15, 0.2) is 0 Å². The van der Waals surface area contributed by atoms with Crippen molar-refractivity contribution in [3.8, 4) is 0 Å². The Hall–Kier alpha value is -2.39. The van der Waals surface area contributed by atoms with Crippen LogP contribution < -0.4 is 10.6 Å². The van der Waals surface area contributed by atoms with E-state index in [2.05, 4.69) is 26.6 Å². The predicted octanol–water partition coefficient (Wildman–Crippen LogP) is 4.56. The fraction of sp³-hybridized carbons (Fsp3) is 0.222. The van der Waals surface area contributed by atoms with Crippen LogP contribution in [-0.2, 0) is 11.3 Å². The van der Waals surface area contributed by atoms with Crippen LogP contribution in [0.25, 0.3) is 0 Å². The number of halogens is 1. The van der Waals surface area contributed by atoms with Gasteiger partial charge in [0, 0.05) is 17.1 Å². The number of nitrogens with one attached hydrogen (secondary N) is 2. The zero-order chi connectivity index (χ0) is 20.0. The van der Waals surface area contributed by atoms with Crippen LogP contribution in [0.3, 0.4) is 0 Å². The van der Waals surface area contributed by atoms with Crippen LogP contribution >= 0.6 is 27.7 Å². The Morgan fingerprint density at radius 3 is 2.44 bits per heavy atom. The molecule has 0 spiro atoms. The highest BCUT2D eigenvalue weighted by Gasteiger charge is 2.16. The largest absolute Gasteiger partial charge is 0.343 e. The minimum absolute atomic E-state index is 0.106. The second-order valence-electron chi connectivity index (χ2n) is 5.77. The number of thioether (sulfide) groups is 1. The number of amides is 2. The fourth-order valence-electron chi connectivity index (χ4n) is 2.49. The average Bonchev–Trinajstić information content (AvgIpc) is 2.59. The molecule has 0 aromatic heterocycles. The van der Waals surface area contributed by atoms with Crippen LogP contribution in [0.1, 0.15) is 16.7 Å². The fourth-order valence-corrected chi connectivity index (χ4v) is 3.68. The molecule has 0 fully saturated rings. The maximum absolute atomic E-state index is 12.0. The molecule has 2 rings (SSSR count). The summed E-state index contributed by atoms with van der Waals surface area (Å²) in [6.07, 6.45) is 0. The summed E-state index contributed by atoms with van der Waals surface area (Å²) in [4.78, 5) is 34.3. The number of benzene rings is 2. The van der Waals surface area contributed by atoms with Gasteiger partial charge in [0.25, 0.3) is 10.9 Å². The first-order chi connectivity index (χ1) is 12.8. The van der Waals surface area contributed by atoms with E-state index in [1.165, 1.54) is 18.2 Å². The van der Waals surface area contributed by atoms with Crippen molar-refractivity contribution in [2.75, 3.05) is 11.1 Å². The average molecular weight is 452 g/mol. The van der Waals surface area contributed by atoms with E-state index in [0.717, 1.165) is 32.9 Å². The molecule has 7 nitrogen and oxygen atoms in total. The van der Waals surface area contributed by atoms with E-state index >= 15 is 0 Å². The van der Waals surface area contributed by atoms with E-state index in [-0.39, 0.29) is 22.4 Å². The molecule has 2 amide bonds. The molecule has 0 saturated heterocycles. The molecule has 0 radical (unpaired) electrons. The van der Waals surface area contributed by atoms with Gasteiger partial charge in [-0.3, -0.25) is 19.7 Å². The third-order valence-electron chi connectivity index (χ3n) is 3.78. The number of carbonyl (C=O) groups excluding carboxylic acids is 2. The molecule has 0 aliphatic carbocycles. The van der Waals surface area contributed by atoms with Gasteiger partial charge in [-0.2, -0.15) is 0 Å². The second-order valence-corrected chi connectivity index (χ2v) is 7.63. The molecule has 0 unspecified atom stereocenters. The quantitative estimate of drug-likeness (QED) is 0.495. The van der Waals surface area contributed by atoms with E-state index in [4.69, 9.17) is 0 Å². The molecule has 9 heteroatoms. The van der Waals surface area contributed by atoms with Crippen molar-refractivity contribution in [2.45, 2.75) is 20.4 Å². The van der Waals surface area contributed by atoms with Crippen LogP contribution in [-0.4, -0.2) is 21.8 Å². The highest BCUT2D eigenvalue weighted by atomic mass is 79.9. The summed E-state index contributed by atoms with van der Waals surface area (Å²) in [6, 6.07) is 9.80. The monoisotopic (exact) mass is 451 g/mol. The van der Waals surface area contributed by atoms with Gasteiger partial charge in [0.1, 0.15) is 5.69 Å². The first-order valence-electron chi connectivity index (χ1n) is 7.97. The van der Waals surface area contributed by atoms with Gasteiger partial charge in [-0.15, -0.1) is 0 Å². The van der Waals surface area contributed by atoms with Gasteiger partial charge in [0.05, 0.1) is 10.7 Å². The summed E-state index contributed by atoms with van der Waals surface area (Å²) in [7, 11) is 0. The molecular weight excluding hydrogens is 434 g/mol. The van der Waals surface area contributed by atoms with Crippen LogP contribution in [0.4, 0.5) is 16.2 Å². The first kappa shape index (κ1) is 20.9. The Labute approximate surface area is 169 Å². The molecule has 0 heterocycles. The van der Waals surface area contributed by atoms with Crippen molar-refractivity contribution in [1.29, 1.82) is 0 Å². The van der Waals surface area contributed by atoms with Crippen LogP contribution in [0.2, 0.25) is 0 Å². The van der Waals surface area contributed by atoms with Crippen molar-refractivity contribution < 1.29 is 14.5 Å². The van der Waals surface area contributed by atoms with E-state index in [9.17, 15) is 19.7 Å². The number of nitro benzene ring substituents is 1. The number of anilines is 1. The second kappa shape index (κ2) is 9.52. The van der Waals surface area contributed by atoms with Gasteiger partial charge < -0.3 is 10.6 Å². The van der Waals surface area contributed by atoms with Crippen LogP contribution in [0.15, 0.2) is 40.9 Å². The highest BCUT2D eigenvalue weighted by molar-refractivity contribution is 9.10. The Morgan fingerprint density at radius 1 is 1.19 bits per heavy atom. The smallest absolute Gasteiger partial charge is 0.292 e. The molecular formula is C18H18BrN3O4S. The first-order valence-corrected chi connectivity index (χ1v) is 9.75. The lowest BCUT2D eigenvalue weighted by Crippen LogP contribution is -2.22. The number of hydrogen-bond acceptors (Lipinski definition) is 5. The van der Waals surface area contributed by atoms with E-state index in [0.29, 0.717) is 6.54 Å². The number of nitrogens with zero attached hydrogens (tertiary/aromatic N) is 1. The number of rotatable bonds is 6. The Morgan fingerprint density at radius 2 is 1.81 bits per heavy atom. The zero-order valence-electron chi connectivity index (χ0n) is 14.7. The number of para-hydroxylation sites is 2. The molecule has 2 aromatic rings.